The molecule has 0 aliphatic heterocycles. The van der Waals surface area contributed by atoms with E-state index in [-0.39, 0.29) is 0 Å². The van der Waals surface area contributed by atoms with Crippen LogP contribution in [0.5, 0.6) is 0 Å². The van der Waals surface area contributed by atoms with Crippen molar-refractivity contribution in [1.29, 1.82) is 5.26 Å². The van der Waals surface area contributed by atoms with E-state index < -0.39 is 0 Å². The van der Waals surface area contributed by atoms with E-state index in [1.54, 1.807) is 7.11 Å². The number of aliphatic imine (C=N–C) groups is 1. The number of amidine groups is 1. The molecule has 0 saturated carbocycles. The summed E-state index contributed by atoms with van der Waals surface area (Å²) in [4.78, 5) is 4.19. The normalized spacial score (nSPS) is 11.0. The van der Waals surface area contributed by atoms with Crippen molar-refractivity contribution in [3.8, 4) is 6.19 Å². The van der Waals surface area contributed by atoms with Crippen molar-refractivity contribution in [3.05, 3.63) is 0 Å². The lowest BCUT2D eigenvalue weighted by molar-refractivity contribution is 0.193. The number of unbranched alkanes of at least 4 members (excludes halogenated alkanes) is 1. The summed E-state index contributed by atoms with van der Waals surface area (Å²) in [6.45, 7) is 1.52. The third-order valence-electron chi connectivity index (χ3n) is 1.37. The zero-order valence-electron chi connectivity index (χ0n) is 8.04. The first-order valence-corrected chi connectivity index (χ1v) is 5.30. The van der Waals surface area contributed by atoms with Gasteiger partial charge in [0.2, 0.25) is 0 Å². The summed E-state index contributed by atoms with van der Waals surface area (Å²) < 4.78 is 4.90. The van der Waals surface area contributed by atoms with Gasteiger partial charge in [-0.25, -0.2) is 0 Å². The van der Waals surface area contributed by atoms with E-state index in [1.165, 1.54) is 11.8 Å². The van der Waals surface area contributed by atoms with Gasteiger partial charge in [-0.1, -0.05) is 11.8 Å². The molecule has 0 aliphatic carbocycles. The Labute approximate surface area is 83.4 Å². The van der Waals surface area contributed by atoms with E-state index in [1.807, 2.05) is 12.4 Å². The van der Waals surface area contributed by atoms with Crippen LogP contribution < -0.4 is 5.32 Å². The summed E-state index contributed by atoms with van der Waals surface area (Å²) in [6, 6.07) is 0. The predicted molar refractivity (Wildman–Crippen MR) is 55.7 cm³/mol. The van der Waals surface area contributed by atoms with Gasteiger partial charge in [-0.2, -0.15) is 5.26 Å². The average Bonchev–Trinajstić information content (AvgIpc) is 2.16. The number of rotatable bonds is 5. The van der Waals surface area contributed by atoms with Gasteiger partial charge in [0, 0.05) is 20.3 Å². The Morgan fingerprint density at radius 1 is 1.62 bits per heavy atom. The topological polar surface area (TPSA) is 57.4 Å². The molecule has 0 aromatic rings. The molecule has 4 nitrogen and oxygen atoms in total. The van der Waals surface area contributed by atoms with Gasteiger partial charge in [0.15, 0.2) is 11.4 Å². The zero-order chi connectivity index (χ0) is 9.94. The van der Waals surface area contributed by atoms with E-state index in [2.05, 4.69) is 10.3 Å². The van der Waals surface area contributed by atoms with Crippen LogP contribution in [-0.2, 0) is 4.74 Å². The van der Waals surface area contributed by atoms with Gasteiger partial charge in [0.1, 0.15) is 0 Å². The standard InChI is InChI=1S/C8H15N3OS/c1-12-6-4-3-5-10-8(13-2)11-7-9/h3-6H2,1-2H3,(H,10,11). The van der Waals surface area contributed by atoms with E-state index in [9.17, 15) is 0 Å². The molecular weight excluding hydrogens is 186 g/mol. The van der Waals surface area contributed by atoms with Crippen molar-refractivity contribution in [2.45, 2.75) is 12.8 Å². The minimum Gasteiger partial charge on any atom is -0.385 e. The molecule has 0 radical (unpaired) electrons. The molecule has 1 N–H and O–H groups in total. The molecule has 0 bridgehead atoms. The monoisotopic (exact) mass is 201 g/mol. The molecular formula is C8H15N3OS. The molecule has 0 atom stereocenters. The second-order valence-corrected chi connectivity index (χ2v) is 3.12. The molecule has 74 valence electrons. The van der Waals surface area contributed by atoms with E-state index in [0.29, 0.717) is 5.17 Å². The van der Waals surface area contributed by atoms with Crippen LogP contribution in [0.4, 0.5) is 0 Å². The summed E-state index contributed by atoms with van der Waals surface area (Å²) in [7, 11) is 1.69. The van der Waals surface area contributed by atoms with Crippen molar-refractivity contribution in [2.24, 2.45) is 4.99 Å². The summed E-state index contributed by atoms with van der Waals surface area (Å²) >= 11 is 1.44. The van der Waals surface area contributed by atoms with Crippen molar-refractivity contribution in [1.82, 2.24) is 5.32 Å². The molecule has 0 aromatic carbocycles. The molecule has 0 heterocycles. The molecule has 0 spiro atoms. The number of hydrogen-bond acceptors (Lipinski definition) is 4. The first-order valence-electron chi connectivity index (χ1n) is 4.07. The first kappa shape index (κ1) is 12.3. The van der Waals surface area contributed by atoms with Crippen LogP contribution >= 0.6 is 11.8 Å². The summed E-state index contributed by atoms with van der Waals surface area (Å²) in [5.41, 5.74) is 0. The van der Waals surface area contributed by atoms with Gasteiger partial charge in [-0.15, -0.1) is 0 Å². The summed E-state index contributed by atoms with van der Waals surface area (Å²) in [5, 5.41) is 11.5. The minimum absolute atomic E-state index is 0.680. The van der Waals surface area contributed by atoms with Gasteiger partial charge in [-0.05, 0) is 19.1 Å². The average molecular weight is 201 g/mol. The number of methoxy groups -OCH3 is 1. The van der Waals surface area contributed by atoms with Crippen LogP contribution in [0.3, 0.4) is 0 Å². The van der Waals surface area contributed by atoms with Gasteiger partial charge < -0.3 is 4.74 Å². The lowest BCUT2D eigenvalue weighted by atomic mass is 10.3. The van der Waals surface area contributed by atoms with Crippen LogP contribution in [0.2, 0.25) is 0 Å². The van der Waals surface area contributed by atoms with Gasteiger partial charge >= 0.3 is 0 Å². The Bertz CT molecular complexity index is 188. The van der Waals surface area contributed by atoms with Crippen LogP contribution in [0.1, 0.15) is 12.8 Å². The van der Waals surface area contributed by atoms with Crippen molar-refractivity contribution in [2.75, 3.05) is 26.5 Å². The highest BCUT2D eigenvalue weighted by atomic mass is 32.2. The molecule has 0 aromatic heterocycles. The van der Waals surface area contributed by atoms with Crippen molar-refractivity contribution in [3.63, 3.8) is 0 Å². The molecule has 13 heavy (non-hydrogen) atoms. The molecule has 0 aliphatic rings. The highest BCUT2D eigenvalue weighted by Gasteiger charge is 1.93. The van der Waals surface area contributed by atoms with Crippen LogP contribution in [0.15, 0.2) is 4.99 Å². The van der Waals surface area contributed by atoms with Crippen molar-refractivity contribution >= 4 is 16.9 Å². The molecule has 0 fully saturated rings. The Balaban J connectivity index is 3.50. The van der Waals surface area contributed by atoms with Crippen molar-refractivity contribution < 1.29 is 4.74 Å². The number of nitriles is 1. The summed E-state index contributed by atoms with van der Waals surface area (Å²) in [6.07, 6.45) is 5.73. The molecule has 0 saturated heterocycles. The highest BCUT2D eigenvalue weighted by molar-refractivity contribution is 8.13. The predicted octanol–water partition coefficient (Wildman–Crippen LogP) is 1.20. The second-order valence-electron chi connectivity index (χ2n) is 2.33. The maximum atomic E-state index is 8.33. The van der Waals surface area contributed by atoms with E-state index in [0.717, 1.165) is 26.0 Å². The Kier molecular flexibility index (Phi) is 8.83. The minimum atomic E-state index is 0.680. The number of thioether (sulfide) groups is 1. The molecule has 0 unspecified atom stereocenters. The Morgan fingerprint density at radius 2 is 2.38 bits per heavy atom. The Hall–Kier alpha value is -0.730. The van der Waals surface area contributed by atoms with Crippen LogP contribution in [0, 0.1) is 11.5 Å². The number of hydrogen-bond donors (Lipinski definition) is 1. The lowest BCUT2D eigenvalue weighted by Gasteiger charge is -1.99. The first-order chi connectivity index (χ1) is 6.35. The molecule has 0 amide bonds. The fourth-order valence-corrected chi connectivity index (χ4v) is 1.11. The van der Waals surface area contributed by atoms with Gasteiger partial charge in [0.25, 0.3) is 0 Å². The number of nitrogens with one attached hydrogen (secondary N) is 1. The maximum absolute atomic E-state index is 8.33. The van der Waals surface area contributed by atoms with Crippen LogP contribution in [0.25, 0.3) is 0 Å². The number of ether oxygens (including phenoxy) is 1. The lowest BCUT2D eigenvalue weighted by Crippen LogP contribution is -2.13. The van der Waals surface area contributed by atoms with Gasteiger partial charge in [-0.3, -0.25) is 10.3 Å². The highest BCUT2D eigenvalue weighted by Crippen LogP contribution is 1.96. The summed E-state index contributed by atoms with van der Waals surface area (Å²) in [5.74, 6) is 0. The second kappa shape index (κ2) is 9.36. The SMILES string of the molecule is COCCCCN=C(NC#N)SC. The van der Waals surface area contributed by atoms with E-state index in [4.69, 9.17) is 10.00 Å². The smallest absolute Gasteiger partial charge is 0.183 e. The zero-order valence-corrected chi connectivity index (χ0v) is 8.86. The fourth-order valence-electron chi connectivity index (χ4n) is 0.742. The molecule has 0 rings (SSSR count). The largest absolute Gasteiger partial charge is 0.385 e. The fraction of sp³-hybridized carbons (Fsp3) is 0.750. The van der Waals surface area contributed by atoms with Crippen LogP contribution in [-0.4, -0.2) is 31.7 Å². The van der Waals surface area contributed by atoms with E-state index >= 15 is 0 Å². The van der Waals surface area contributed by atoms with Gasteiger partial charge in [0.05, 0.1) is 0 Å². The number of nitrogens with zero attached hydrogens (tertiary/aromatic N) is 2. The quantitative estimate of drug-likeness (QED) is 0.239. The molecule has 5 heteroatoms. The Morgan fingerprint density at radius 3 is 2.92 bits per heavy atom. The maximum Gasteiger partial charge on any atom is 0.183 e. The third-order valence-corrected chi connectivity index (χ3v) is 1.99. The third kappa shape index (κ3) is 7.62.